The molecule has 2 nitrogen and oxygen atoms in total. The molecule has 0 saturated heterocycles. The van der Waals surface area contributed by atoms with Gasteiger partial charge >= 0.3 is 0 Å². The van der Waals surface area contributed by atoms with Crippen molar-refractivity contribution in [3.05, 3.63) is 70.9 Å². The Morgan fingerprint density at radius 2 is 1.91 bits per heavy atom. The second-order valence-corrected chi connectivity index (χ2v) is 6.90. The summed E-state index contributed by atoms with van der Waals surface area (Å²) in [5.74, 6) is -0.195. The van der Waals surface area contributed by atoms with Crippen molar-refractivity contribution >= 4 is 5.65 Å². The maximum Gasteiger partial charge on any atom is 0.137 e. The van der Waals surface area contributed by atoms with Crippen LogP contribution in [0, 0.1) is 12.7 Å². The number of imidazole rings is 1. The molecule has 0 spiro atoms. The Balaban J connectivity index is 2.19. The monoisotopic (exact) mass is 296 g/mol. The predicted molar refractivity (Wildman–Crippen MR) is 87.8 cm³/mol. The molecule has 0 amide bonds. The molecule has 2 heterocycles. The van der Waals surface area contributed by atoms with Crippen LogP contribution in [-0.2, 0) is 11.8 Å². The van der Waals surface area contributed by atoms with Gasteiger partial charge in [-0.05, 0) is 36.2 Å². The Morgan fingerprint density at radius 3 is 2.59 bits per heavy atom. The van der Waals surface area contributed by atoms with Crippen molar-refractivity contribution in [2.24, 2.45) is 0 Å². The summed E-state index contributed by atoms with van der Waals surface area (Å²) in [7, 11) is 0. The van der Waals surface area contributed by atoms with Gasteiger partial charge in [-0.1, -0.05) is 39.0 Å². The third kappa shape index (κ3) is 2.76. The summed E-state index contributed by atoms with van der Waals surface area (Å²) in [6.45, 7) is 8.56. The lowest BCUT2D eigenvalue weighted by atomic mass is 9.89. The lowest BCUT2D eigenvalue weighted by molar-refractivity contribution is 0.565. The Bertz CT molecular complexity index is 825. The van der Waals surface area contributed by atoms with E-state index in [4.69, 9.17) is 4.98 Å². The largest absolute Gasteiger partial charge is 0.303 e. The van der Waals surface area contributed by atoms with E-state index >= 15 is 0 Å². The highest BCUT2D eigenvalue weighted by Gasteiger charge is 2.23. The summed E-state index contributed by atoms with van der Waals surface area (Å²) >= 11 is 0. The molecule has 0 fully saturated rings. The standard InChI is InChI=1S/C19H21FN2/c1-13-8-9-17-21-18(19(2,3)4)16(22(17)12-13)11-14-6-5-7-15(20)10-14/h5-10,12H,11H2,1-4H3. The number of hydrogen-bond acceptors (Lipinski definition) is 1. The zero-order valence-electron chi connectivity index (χ0n) is 13.5. The molecule has 0 aliphatic carbocycles. The lowest BCUT2D eigenvalue weighted by Gasteiger charge is -2.18. The molecule has 0 bridgehead atoms. The van der Waals surface area contributed by atoms with Gasteiger partial charge in [-0.2, -0.15) is 0 Å². The van der Waals surface area contributed by atoms with E-state index in [1.54, 1.807) is 12.1 Å². The van der Waals surface area contributed by atoms with Gasteiger partial charge < -0.3 is 4.40 Å². The molecule has 22 heavy (non-hydrogen) atoms. The zero-order chi connectivity index (χ0) is 15.9. The van der Waals surface area contributed by atoms with Gasteiger partial charge in [-0.3, -0.25) is 0 Å². The highest BCUT2D eigenvalue weighted by molar-refractivity contribution is 5.47. The second kappa shape index (κ2) is 5.24. The van der Waals surface area contributed by atoms with E-state index in [2.05, 4.69) is 44.4 Å². The van der Waals surface area contributed by atoms with Gasteiger partial charge in [0.2, 0.25) is 0 Å². The van der Waals surface area contributed by atoms with Gasteiger partial charge in [0.25, 0.3) is 0 Å². The van der Waals surface area contributed by atoms with Gasteiger partial charge in [0.1, 0.15) is 11.5 Å². The number of aromatic nitrogens is 2. The van der Waals surface area contributed by atoms with Crippen molar-refractivity contribution in [1.29, 1.82) is 0 Å². The fraction of sp³-hybridized carbons (Fsp3) is 0.316. The Labute approximate surface area is 130 Å². The first kappa shape index (κ1) is 14.8. The quantitative estimate of drug-likeness (QED) is 0.671. The smallest absolute Gasteiger partial charge is 0.137 e. The van der Waals surface area contributed by atoms with E-state index < -0.39 is 0 Å². The zero-order valence-corrected chi connectivity index (χ0v) is 13.5. The Kier molecular flexibility index (Phi) is 3.51. The van der Waals surface area contributed by atoms with Crippen LogP contribution in [0.15, 0.2) is 42.6 Å². The van der Waals surface area contributed by atoms with Crippen molar-refractivity contribution in [2.45, 2.75) is 39.5 Å². The number of nitrogens with zero attached hydrogens (tertiary/aromatic N) is 2. The maximum atomic E-state index is 13.5. The van der Waals surface area contributed by atoms with Crippen molar-refractivity contribution in [1.82, 2.24) is 9.38 Å². The van der Waals surface area contributed by atoms with Crippen molar-refractivity contribution in [2.75, 3.05) is 0 Å². The number of benzene rings is 1. The van der Waals surface area contributed by atoms with Crippen LogP contribution < -0.4 is 0 Å². The first-order valence-corrected chi connectivity index (χ1v) is 7.57. The fourth-order valence-electron chi connectivity index (χ4n) is 2.81. The molecule has 0 atom stereocenters. The van der Waals surface area contributed by atoms with Gasteiger partial charge in [0, 0.05) is 18.0 Å². The molecule has 0 saturated carbocycles. The molecule has 3 rings (SSSR count). The number of pyridine rings is 1. The third-order valence-corrected chi connectivity index (χ3v) is 3.84. The molecule has 2 aromatic heterocycles. The van der Waals surface area contributed by atoms with Gasteiger partial charge in [0.15, 0.2) is 0 Å². The van der Waals surface area contributed by atoms with Crippen LogP contribution in [0.25, 0.3) is 5.65 Å². The molecule has 0 aliphatic heterocycles. The van der Waals surface area contributed by atoms with Crippen LogP contribution >= 0.6 is 0 Å². The van der Waals surface area contributed by atoms with Crippen LogP contribution in [-0.4, -0.2) is 9.38 Å². The summed E-state index contributed by atoms with van der Waals surface area (Å²) in [6, 6.07) is 10.9. The van der Waals surface area contributed by atoms with E-state index in [-0.39, 0.29) is 11.2 Å². The van der Waals surface area contributed by atoms with Crippen LogP contribution in [0.2, 0.25) is 0 Å². The number of rotatable bonds is 2. The highest BCUT2D eigenvalue weighted by Crippen LogP contribution is 2.28. The van der Waals surface area contributed by atoms with E-state index in [9.17, 15) is 4.39 Å². The average molecular weight is 296 g/mol. The van der Waals surface area contributed by atoms with Gasteiger partial charge in [-0.25, -0.2) is 9.37 Å². The van der Waals surface area contributed by atoms with Gasteiger partial charge in [-0.15, -0.1) is 0 Å². The molecule has 0 radical (unpaired) electrons. The summed E-state index contributed by atoms with van der Waals surface area (Å²) in [6.07, 6.45) is 2.78. The highest BCUT2D eigenvalue weighted by atomic mass is 19.1. The SMILES string of the molecule is Cc1ccc2nc(C(C)(C)C)c(Cc3cccc(F)c3)n2c1. The first-order chi connectivity index (χ1) is 10.3. The molecule has 114 valence electrons. The first-order valence-electron chi connectivity index (χ1n) is 7.57. The Morgan fingerprint density at radius 1 is 1.14 bits per heavy atom. The van der Waals surface area contributed by atoms with Gasteiger partial charge in [0.05, 0.1) is 11.4 Å². The number of halogens is 1. The fourth-order valence-corrected chi connectivity index (χ4v) is 2.81. The average Bonchev–Trinajstić information content (AvgIpc) is 2.77. The molecule has 0 N–H and O–H groups in total. The normalized spacial score (nSPS) is 12.0. The van der Waals surface area contributed by atoms with E-state index in [0.29, 0.717) is 6.42 Å². The van der Waals surface area contributed by atoms with Crippen LogP contribution in [0.4, 0.5) is 4.39 Å². The third-order valence-electron chi connectivity index (χ3n) is 3.84. The molecule has 3 aromatic rings. The minimum Gasteiger partial charge on any atom is -0.303 e. The summed E-state index contributed by atoms with van der Waals surface area (Å²) in [5.41, 5.74) is 5.25. The van der Waals surface area contributed by atoms with E-state index in [1.165, 1.54) is 11.6 Å². The maximum absolute atomic E-state index is 13.5. The van der Waals surface area contributed by atoms with Crippen LogP contribution in [0.5, 0.6) is 0 Å². The summed E-state index contributed by atoms with van der Waals surface area (Å²) < 4.78 is 15.6. The van der Waals surface area contributed by atoms with E-state index in [0.717, 1.165) is 22.6 Å². The van der Waals surface area contributed by atoms with Crippen molar-refractivity contribution in [3.63, 3.8) is 0 Å². The summed E-state index contributed by atoms with van der Waals surface area (Å²) in [5, 5.41) is 0. The molecule has 0 aliphatic rings. The number of hydrogen-bond donors (Lipinski definition) is 0. The topological polar surface area (TPSA) is 17.3 Å². The van der Waals surface area contributed by atoms with E-state index in [1.807, 2.05) is 12.1 Å². The predicted octanol–water partition coefficient (Wildman–Crippen LogP) is 4.67. The Hall–Kier alpha value is -2.16. The lowest BCUT2D eigenvalue weighted by Crippen LogP contribution is -2.15. The molecular weight excluding hydrogens is 275 g/mol. The number of fused-ring (bicyclic) bond motifs is 1. The molecule has 3 heteroatoms. The number of aryl methyl sites for hydroxylation is 1. The minimum atomic E-state index is -0.195. The second-order valence-electron chi connectivity index (χ2n) is 6.90. The molecule has 0 unspecified atom stereocenters. The van der Waals surface area contributed by atoms with Crippen LogP contribution in [0.3, 0.4) is 0 Å². The van der Waals surface area contributed by atoms with Crippen molar-refractivity contribution < 1.29 is 4.39 Å². The molecular formula is C19H21FN2. The minimum absolute atomic E-state index is 0.0530. The summed E-state index contributed by atoms with van der Waals surface area (Å²) in [4.78, 5) is 4.81. The van der Waals surface area contributed by atoms with Crippen molar-refractivity contribution in [3.8, 4) is 0 Å². The van der Waals surface area contributed by atoms with Crippen LogP contribution in [0.1, 0.15) is 43.3 Å². The molecule has 1 aromatic carbocycles.